The van der Waals surface area contributed by atoms with E-state index < -0.39 is 0 Å². The third kappa shape index (κ3) is 2.54. The molecule has 0 spiro atoms. The summed E-state index contributed by atoms with van der Waals surface area (Å²) in [6.45, 7) is 0.658. The van der Waals surface area contributed by atoms with E-state index in [1.165, 1.54) is 0 Å². The van der Waals surface area contributed by atoms with Crippen LogP contribution < -0.4 is 5.32 Å². The summed E-state index contributed by atoms with van der Waals surface area (Å²) in [5.74, 6) is 5.81. The molecule has 62 valence electrons. The van der Waals surface area contributed by atoms with Gasteiger partial charge in [0.05, 0.1) is 17.1 Å². The third-order valence-electron chi connectivity index (χ3n) is 1.26. The molecule has 3 heteroatoms. The van der Waals surface area contributed by atoms with Gasteiger partial charge in [-0.05, 0) is 13.1 Å². The Morgan fingerprint density at radius 2 is 2.50 bits per heavy atom. The van der Waals surface area contributed by atoms with Crippen LogP contribution in [0, 0.1) is 11.8 Å². The summed E-state index contributed by atoms with van der Waals surface area (Å²) in [6, 6.07) is 1.73. The van der Waals surface area contributed by atoms with Gasteiger partial charge in [-0.3, -0.25) is 4.98 Å². The van der Waals surface area contributed by atoms with Crippen molar-refractivity contribution in [2.75, 3.05) is 13.6 Å². The Kier molecular flexibility index (Phi) is 3.59. The van der Waals surface area contributed by atoms with Crippen LogP contribution in [-0.4, -0.2) is 18.6 Å². The van der Waals surface area contributed by atoms with Crippen LogP contribution in [0.15, 0.2) is 18.5 Å². The van der Waals surface area contributed by atoms with Crippen LogP contribution >= 0.6 is 11.6 Å². The van der Waals surface area contributed by atoms with Gasteiger partial charge >= 0.3 is 0 Å². The molecule has 1 N–H and O–H groups in total. The average molecular weight is 181 g/mol. The van der Waals surface area contributed by atoms with Crippen LogP contribution in [0.5, 0.6) is 0 Å². The molecule has 0 fully saturated rings. The summed E-state index contributed by atoms with van der Waals surface area (Å²) in [5.41, 5.74) is 0.773. The Hall–Kier alpha value is -1.04. The highest BCUT2D eigenvalue weighted by molar-refractivity contribution is 6.31. The SMILES string of the molecule is CNCC#Cc1cnccc1Cl. The summed E-state index contributed by atoms with van der Waals surface area (Å²) in [4.78, 5) is 3.92. The number of hydrogen-bond donors (Lipinski definition) is 1. The van der Waals surface area contributed by atoms with Crippen LogP contribution in [0.3, 0.4) is 0 Å². The van der Waals surface area contributed by atoms with Gasteiger partial charge in [0, 0.05) is 12.4 Å². The predicted molar refractivity (Wildman–Crippen MR) is 50.1 cm³/mol. The van der Waals surface area contributed by atoms with Crippen molar-refractivity contribution in [1.29, 1.82) is 0 Å². The monoisotopic (exact) mass is 180 g/mol. The zero-order valence-electron chi connectivity index (χ0n) is 6.76. The number of nitrogens with one attached hydrogen (secondary N) is 1. The Morgan fingerprint density at radius 3 is 3.17 bits per heavy atom. The van der Waals surface area contributed by atoms with Crippen molar-refractivity contribution in [2.24, 2.45) is 0 Å². The Morgan fingerprint density at radius 1 is 1.67 bits per heavy atom. The second-order valence-corrected chi connectivity index (χ2v) is 2.59. The maximum absolute atomic E-state index is 5.84. The molecule has 2 nitrogen and oxygen atoms in total. The van der Waals surface area contributed by atoms with Gasteiger partial charge in [-0.25, -0.2) is 0 Å². The average Bonchev–Trinajstić information content (AvgIpc) is 2.09. The predicted octanol–water partition coefficient (Wildman–Crippen LogP) is 1.31. The number of nitrogens with zero attached hydrogens (tertiary/aromatic N) is 1. The van der Waals surface area contributed by atoms with E-state index in [0.29, 0.717) is 11.6 Å². The molecule has 0 saturated carbocycles. The molecule has 1 heterocycles. The van der Waals surface area contributed by atoms with Crippen LogP contribution in [0.2, 0.25) is 5.02 Å². The summed E-state index contributed by atoms with van der Waals surface area (Å²) in [7, 11) is 1.85. The van der Waals surface area contributed by atoms with Gasteiger partial charge in [0.25, 0.3) is 0 Å². The molecule has 0 aliphatic rings. The van der Waals surface area contributed by atoms with Gasteiger partial charge in [-0.1, -0.05) is 23.4 Å². The minimum absolute atomic E-state index is 0.647. The lowest BCUT2D eigenvalue weighted by Crippen LogP contribution is -2.04. The lowest BCUT2D eigenvalue weighted by molar-refractivity contribution is 0.938. The minimum Gasteiger partial charge on any atom is -0.309 e. The number of hydrogen-bond acceptors (Lipinski definition) is 2. The van der Waals surface area contributed by atoms with Crippen molar-refractivity contribution in [2.45, 2.75) is 0 Å². The molecule has 1 aromatic heterocycles. The van der Waals surface area contributed by atoms with E-state index in [4.69, 9.17) is 11.6 Å². The third-order valence-corrected chi connectivity index (χ3v) is 1.59. The molecule has 0 unspecified atom stereocenters. The quantitative estimate of drug-likeness (QED) is 0.660. The van der Waals surface area contributed by atoms with E-state index in [0.717, 1.165) is 5.56 Å². The van der Waals surface area contributed by atoms with Crippen LogP contribution in [0.1, 0.15) is 5.56 Å². The zero-order chi connectivity index (χ0) is 8.81. The molecular formula is C9H9ClN2. The highest BCUT2D eigenvalue weighted by Crippen LogP contribution is 2.11. The maximum Gasteiger partial charge on any atom is 0.0615 e. The Bertz CT molecular complexity index is 312. The smallest absolute Gasteiger partial charge is 0.0615 e. The van der Waals surface area contributed by atoms with E-state index in [1.807, 2.05) is 7.05 Å². The number of aromatic nitrogens is 1. The Balaban J connectivity index is 2.77. The number of rotatable bonds is 1. The van der Waals surface area contributed by atoms with Gasteiger partial charge in [0.15, 0.2) is 0 Å². The molecule has 0 atom stereocenters. The maximum atomic E-state index is 5.84. The van der Waals surface area contributed by atoms with E-state index >= 15 is 0 Å². The van der Waals surface area contributed by atoms with E-state index in [-0.39, 0.29) is 0 Å². The van der Waals surface area contributed by atoms with E-state index in [1.54, 1.807) is 18.5 Å². The van der Waals surface area contributed by atoms with Gasteiger partial charge in [0.1, 0.15) is 0 Å². The largest absolute Gasteiger partial charge is 0.309 e. The fourth-order valence-corrected chi connectivity index (χ4v) is 0.850. The van der Waals surface area contributed by atoms with Crippen molar-refractivity contribution >= 4 is 11.6 Å². The lowest BCUT2D eigenvalue weighted by Gasteiger charge is -1.91. The summed E-state index contributed by atoms with van der Waals surface area (Å²) < 4.78 is 0. The second-order valence-electron chi connectivity index (χ2n) is 2.19. The molecule has 0 saturated heterocycles. The highest BCUT2D eigenvalue weighted by Gasteiger charge is 1.92. The molecular weight excluding hydrogens is 172 g/mol. The number of pyridine rings is 1. The molecule has 12 heavy (non-hydrogen) atoms. The molecule has 0 radical (unpaired) electrons. The molecule has 1 rings (SSSR count). The first-order valence-electron chi connectivity index (χ1n) is 3.57. The minimum atomic E-state index is 0.647. The van der Waals surface area contributed by atoms with Gasteiger partial charge in [0.2, 0.25) is 0 Å². The second kappa shape index (κ2) is 4.76. The normalized spacial score (nSPS) is 8.83. The first kappa shape index (κ1) is 9.05. The molecule has 0 aliphatic carbocycles. The standard InChI is InChI=1S/C9H9ClN2/c1-11-5-2-3-8-7-12-6-4-9(8)10/h4,6-7,11H,5H2,1H3. The molecule has 0 aromatic carbocycles. The topological polar surface area (TPSA) is 24.9 Å². The van der Waals surface area contributed by atoms with Crippen LogP contribution in [0.25, 0.3) is 0 Å². The van der Waals surface area contributed by atoms with E-state index in [2.05, 4.69) is 22.1 Å². The summed E-state index contributed by atoms with van der Waals surface area (Å²) in [6.07, 6.45) is 3.30. The zero-order valence-corrected chi connectivity index (χ0v) is 7.52. The van der Waals surface area contributed by atoms with Crippen molar-refractivity contribution in [3.8, 4) is 11.8 Å². The van der Waals surface area contributed by atoms with Crippen LogP contribution in [-0.2, 0) is 0 Å². The number of halogens is 1. The lowest BCUT2D eigenvalue weighted by atomic mass is 10.3. The first-order chi connectivity index (χ1) is 5.84. The summed E-state index contributed by atoms with van der Waals surface area (Å²) in [5, 5.41) is 3.57. The van der Waals surface area contributed by atoms with Crippen molar-refractivity contribution < 1.29 is 0 Å². The van der Waals surface area contributed by atoms with E-state index in [9.17, 15) is 0 Å². The molecule has 0 aliphatic heterocycles. The fraction of sp³-hybridized carbons (Fsp3) is 0.222. The van der Waals surface area contributed by atoms with Crippen LogP contribution in [0.4, 0.5) is 0 Å². The van der Waals surface area contributed by atoms with Crippen molar-refractivity contribution in [1.82, 2.24) is 10.3 Å². The Labute approximate surface area is 77.0 Å². The molecule has 1 aromatic rings. The summed E-state index contributed by atoms with van der Waals surface area (Å²) >= 11 is 5.84. The van der Waals surface area contributed by atoms with Crippen molar-refractivity contribution in [3.05, 3.63) is 29.0 Å². The molecule has 0 amide bonds. The van der Waals surface area contributed by atoms with Gasteiger partial charge < -0.3 is 5.32 Å². The highest BCUT2D eigenvalue weighted by atomic mass is 35.5. The molecule has 0 bridgehead atoms. The van der Waals surface area contributed by atoms with Crippen molar-refractivity contribution in [3.63, 3.8) is 0 Å². The van der Waals surface area contributed by atoms with Gasteiger partial charge in [-0.15, -0.1) is 0 Å². The first-order valence-corrected chi connectivity index (χ1v) is 3.95. The van der Waals surface area contributed by atoms with Gasteiger partial charge in [-0.2, -0.15) is 0 Å². The fourth-order valence-electron chi connectivity index (χ4n) is 0.697.